The Labute approximate surface area is 135 Å². The molecule has 1 aliphatic rings. The van der Waals surface area contributed by atoms with Crippen LogP contribution in [0.4, 0.5) is 4.39 Å². The van der Waals surface area contributed by atoms with Gasteiger partial charge in [-0.25, -0.2) is 4.39 Å². The molecule has 0 saturated heterocycles. The molecule has 0 heterocycles. The van der Waals surface area contributed by atoms with Crippen LogP contribution in [0.3, 0.4) is 0 Å². The molecule has 1 aliphatic carbocycles. The molecular formula is C17H25BrFNO. The van der Waals surface area contributed by atoms with Crippen LogP contribution >= 0.6 is 15.9 Å². The van der Waals surface area contributed by atoms with Gasteiger partial charge in [0.15, 0.2) is 0 Å². The van der Waals surface area contributed by atoms with Gasteiger partial charge in [-0.3, -0.25) is 0 Å². The van der Waals surface area contributed by atoms with Crippen LogP contribution in [0.1, 0.15) is 57.6 Å². The van der Waals surface area contributed by atoms with E-state index in [9.17, 15) is 4.39 Å². The summed E-state index contributed by atoms with van der Waals surface area (Å²) >= 11 is 3.30. The van der Waals surface area contributed by atoms with Crippen LogP contribution in [0.5, 0.6) is 0 Å². The lowest BCUT2D eigenvalue weighted by Gasteiger charge is -2.44. The second-order valence-electron chi connectivity index (χ2n) is 5.69. The van der Waals surface area contributed by atoms with Gasteiger partial charge in [0.25, 0.3) is 0 Å². The van der Waals surface area contributed by atoms with Gasteiger partial charge >= 0.3 is 0 Å². The molecule has 0 spiro atoms. The van der Waals surface area contributed by atoms with Crippen molar-refractivity contribution < 1.29 is 9.13 Å². The average Bonchev–Trinajstić information content (AvgIpc) is 2.49. The van der Waals surface area contributed by atoms with Crippen molar-refractivity contribution in [1.82, 2.24) is 5.32 Å². The topological polar surface area (TPSA) is 21.3 Å². The number of benzene rings is 1. The summed E-state index contributed by atoms with van der Waals surface area (Å²) in [5, 5.41) is 3.48. The molecule has 0 aliphatic heterocycles. The van der Waals surface area contributed by atoms with Crippen LogP contribution in [0.15, 0.2) is 22.7 Å². The van der Waals surface area contributed by atoms with Gasteiger partial charge in [-0.15, -0.1) is 0 Å². The maximum Gasteiger partial charge on any atom is 0.142 e. The maximum absolute atomic E-state index is 14.6. The van der Waals surface area contributed by atoms with Crippen molar-refractivity contribution >= 4 is 15.9 Å². The number of likely N-dealkylation sites (N-methyl/N-ethyl adjacent to an activating group) is 1. The third kappa shape index (κ3) is 3.66. The summed E-state index contributed by atoms with van der Waals surface area (Å²) in [5.74, 6) is -0.173. The van der Waals surface area contributed by atoms with E-state index >= 15 is 0 Å². The Morgan fingerprint density at radius 1 is 1.29 bits per heavy atom. The Morgan fingerprint density at radius 3 is 2.62 bits per heavy atom. The molecule has 21 heavy (non-hydrogen) atoms. The largest absolute Gasteiger partial charge is 0.373 e. The second-order valence-corrected chi connectivity index (χ2v) is 6.55. The highest BCUT2D eigenvalue weighted by Crippen LogP contribution is 2.42. The molecule has 0 aromatic heterocycles. The Hall–Kier alpha value is -0.450. The number of nitrogens with one attached hydrogen (secondary N) is 1. The first-order valence-corrected chi connectivity index (χ1v) is 8.75. The molecule has 118 valence electrons. The summed E-state index contributed by atoms with van der Waals surface area (Å²) in [4.78, 5) is 0. The molecule has 1 aromatic rings. The van der Waals surface area contributed by atoms with E-state index < -0.39 is 0 Å². The normalized spacial score (nSPS) is 19.4. The molecule has 1 atom stereocenters. The Bertz CT molecular complexity index is 455. The van der Waals surface area contributed by atoms with Crippen molar-refractivity contribution in [2.45, 2.75) is 57.6 Å². The molecular weight excluding hydrogens is 333 g/mol. The highest BCUT2D eigenvalue weighted by atomic mass is 79.9. The Balaban J connectivity index is 2.41. The van der Waals surface area contributed by atoms with E-state index in [0.29, 0.717) is 16.6 Å². The molecule has 1 aromatic carbocycles. The zero-order chi connectivity index (χ0) is 15.3. The van der Waals surface area contributed by atoms with E-state index in [0.717, 1.165) is 32.2 Å². The van der Waals surface area contributed by atoms with Crippen LogP contribution in [0.2, 0.25) is 0 Å². The first-order valence-electron chi connectivity index (χ1n) is 7.96. The van der Waals surface area contributed by atoms with Crippen LogP contribution in [0, 0.1) is 5.82 Å². The van der Waals surface area contributed by atoms with Crippen molar-refractivity contribution in [1.29, 1.82) is 0 Å². The lowest BCUT2D eigenvalue weighted by molar-refractivity contribution is -0.0916. The van der Waals surface area contributed by atoms with E-state index in [1.807, 2.05) is 19.1 Å². The summed E-state index contributed by atoms with van der Waals surface area (Å²) in [6.07, 6.45) is 5.53. The molecule has 0 radical (unpaired) electrons. The number of rotatable bonds is 6. The van der Waals surface area contributed by atoms with E-state index in [1.54, 1.807) is 6.07 Å². The lowest BCUT2D eigenvalue weighted by atomic mass is 9.76. The molecule has 2 nitrogen and oxygen atoms in total. The van der Waals surface area contributed by atoms with Crippen LogP contribution in [-0.4, -0.2) is 18.8 Å². The summed E-state index contributed by atoms with van der Waals surface area (Å²) in [6, 6.07) is 5.42. The minimum atomic E-state index is -0.287. The van der Waals surface area contributed by atoms with Crippen molar-refractivity contribution in [3.63, 3.8) is 0 Å². The smallest absolute Gasteiger partial charge is 0.142 e. The fraction of sp³-hybridized carbons (Fsp3) is 0.647. The molecule has 0 bridgehead atoms. The minimum Gasteiger partial charge on any atom is -0.373 e. The highest BCUT2D eigenvalue weighted by Gasteiger charge is 2.42. The number of hydrogen-bond donors (Lipinski definition) is 1. The van der Waals surface area contributed by atoms with E-state index in [-0.39, 0.29) is 17.5 Å². The third-order valence-corrected chi connectivity index (χ3v) is 4.97. The van der Waals surface area contributed by atoms with Gasteiger partial charge in [-0.1, -0.05) is 38.3 Å². The lowest BCUT2D eigenvalue weighted by Crippen LogP contribution is -2.48. The zero-order valence-corrected chi connectivity index (χ0v) is 14.5. The number of halogens is 2. The third-order valence-electron chi connectivity index (χ3n) is 4.36. The van der Waals surface area contributed by atoms with Gasteiger partial charge in [0.2, 0.25) is 0 Å². The Kier molecular flexibility index (Phi) is 6.20. The second kappa shape index (κ2) is 7.70. The first-order chi connectivity index (χ1) is 10.1. The predicted molar refractivity (Wildman–Crippen MR) is 88.0 cm³/mol. The number of hydrogen-bond acceptors (Lipinski definition) is 2. The van der Waals surface area contributed by atoms with Gasteiger partial charge in [-0.05, 0) is 48.3 Å². The van der Waals surface area contributed by atoms with Gasteiger partial charge in [0.1, 0.15) is 5.82 Å². The van der Waals surface area contributed by atoms with Crippen molar-refractivity contribution in [2.24, 2.45) is 0 Å². The fourth-order valence-electron chi connectivity index (χ4n) is 3.48. The molecule has 2 rings (SSSR count). The average molecular weight is 358 g/mol. The summed E-state index contributed by atoms with van der Waals surface area (Å²) in [7, 11) is 0. The summed E-state index contributed by atoms with van der Waals surface area (Å²) in [6.45, 7) is 5.55. The predicted octanol–water partition coefficient (Wildman–Crippen LogP) is 4.98. The Morgan fingerprint density at radius 2 is 2.00 bits per heavy atom. The number of ether oxygens (including phenoxy) is 1. The summed E-state index contributed by atoms with van der Waals surface area (Å²) < 4.78 is 21.3. The molecule has 1 unspecified atom stereocenters. The quantitative estimate of drug-likeness (QED) is 0.775. The highest BCUT2D eigenvalue weighted by molar-refractivity contribution is 9.10. The zero-order valence-electron chi connectivity index (χ0n) is 12.9. The van der Waals surface area contributed by atoms with Gasteiger partial charge in [-0.2, -0.15) is 0 Å². The van der Waals surface area contributed by atoms with Gasteiger partial charge in [0, 0.05) is 12.2 Å². The fourth-order valence-corrected chi connectivity index (χ4v) is 3.86. The molecule has 1 N–H and O–H groups in total. The van der Waals surface area contributed by atoms with Gasteiger partial charge < -0.3 is 10.1 Å². The maximum atomic E-state index is 14.6. The van der Waals surface area contributed by atoms with Crippen LogP contribution in [0.25, 0.3) is 0 Å². The molecule has 0 amide bonds. The standard InChI is InChI=1S/C17H25BrFNO/c1-3-20-16(13-9-8-10-14(18)15(13)19)17(21-4-2)11-6-5-7-12-17/h8-10,16,20H,3-7,11-12H2,1-2H3. The van der Waals surface area contributed by atoms with Crippen molar-refractivity contribution in [3.05, 3.63) is 34.1 Å². The SMILES string of the molecule is CCNC(c1cccc(Br)c1F)C1(OCC)CCCCC1. The van der Waals surface area contributed by atoms with Crippen LogP contribution in [-0.2, 0) is 4.74 Å². The van der Waals surface area contributed by atoms with E-state index in [4.69, 9.17) is 4.74 Å². The monoisotopic (exact) mass is 357 g/mol. The molecule has 4 heteroatoms. The molecule has 1 fully saturated rings. The van der Waals surface area contributed by atoms with Gasteiger partial charge in [0.05, 0.1) is 16.1 Å². The van der Waals surface area contributed by atoms with Crippen molar-refractivity contribution in [3.8, 4) is 0 Å². The first kappa shape index (κ1) is 16.9. The van der Waals surface area contributed by atoms with Crippen molar-refractivity contribution in [2.75, 3.05) is 13.2 Å². The molecule has 1 saturated carbocycles. The minimum absolute atomic E-state index is 0.0970. The summed E-state index contributed by atoms with van der Waals surface area (Å²) in [5.41, 5.74) is 0.423. The van der Waals surface area contributed by atoms with Crippen LogP contribution < -0.4 is 5.32 Å². The van der Waals surface area contributed by atoms with E-state index in [2.05, 4.69) is 28.2 Å². The van der Waals surface area contributed by atoms with E-state index in [1.165, 1.54) is 6.42 Å².